The molecule has 1 fully saturated rings. The molecule has 2 atom stereocenters. The van der Waals surface area contributed by atoms with Crippen molar-refractivity contribution in [2.24, 2.45) is 0 Å². The lowest BCUT2D eigenvalue weighted by Gasteiger charge is -2.28. The molecule has 4 heteroatoms. The van der Waals surface area contributed by atoms with Gasteiger partial charge in [0.15, 0.2) is 0 Å². The van der Waals surface area contributed by atoms with Crippen LogP contribution in [0, 0.1) is 0 Å². The number of hydrogen-bond acceptors (Lipinski definition) is 4. The van der Waals surface area contributed by atoms with E-state index in [4.69, 9.17) is 18.9 Å². The summed E-state index contributed by atoms with van der Waals surface area (Å²) in [6.45, 7) is 1.14. The van der Waals surface area contributed by atoms with Gasteiger partial charge in [-0.1, -0.05) is 0 Å². The minimum Gasteiger partial charge on any atom is -0.351 e. The highest BCUT2D eigenvalue weighted by atomic mass is 16.8. The maximum Gasteiger partial charge on any atom is 0.209 e. The Morgan fingerprint density at radius 3 is 1.70 bits per heavy atom. The van der Waals surface area contributed by atoms with Crippen LogP contribution in [-0.4, -0.2) is 40.0 Å². The summed E-state index contributed by atoms with van der Waals surface area (Å²) >= 11 is 0. The first-order chi connectivity index (χ1) is 4.88. The zero-order valence-corrected chi connectivity index (χ0v) is 6.20. The molecular formula is C6H12O4. The maximum atomic E-state index is 5.16. The summed E-state index contributed by atoms with van der Waals surface area (Å²) in [6, 6.07) is 0. The highest BCUT2D eigenvalue weighted by Crippen LogP contribution is 2.10. The molecular weight excluding hydrogens is 136 g/mol. The third-order valence-corrected chi connectivity index (χ3v) is 1.33. The Kier molecular flexibility index (Phi) is 3.08. The van der Waals surface area contributed by atoms with Crippen molar-refractivity contribution >= 4 is 0 Å². The second-order valence-corrected chi connectivity index (χ2v) is 1.95. The predicted octanol–water partition coefficient (Wildman–Crippen LogP) is -0.0218. The van der Waals surface area contributed by atoms with Crippen molar-refractivity contribution in [1.29, 1.82) is 0 Å². The summed E-state index contributed by atoms with van der Waals surface area (Å²) in [5, 5.41) is 0. The van der Waals surface area contributed by atoms with E-state index in [1.54, 1.807) is 14.2 Å². The van der Waals surface area contributed by atoms with Gasteiger partial charge in [0.1, 0.15) is 0 Å². The van der Waals surface area contributed by atoms with E-state index in [0.717, 1.165) is 0 Å². The molecule has 0 aromatic carbocycles. The molecule has 0 aromatic rings. The quantitative estimate of drug-likeness (QED) is 0.551. The molecule has 1 rings (SSSR count). The van der Waals surface area contributed by atoms with Crippen LogP contribution in [0.4, 0.5) is 0 Å². The fourth-order valence-corrected chi connectivity index (χ4v) is 0.844. The van der Waals surface area contributed by atoms with Gasteiger partial charge in [-0.25, -0.2) is 0 Å². The summed E-state index contributed by atoms with van der Waals surface area (Å²) in [4.78, 5) is 0. The van der Waals surface area contributed by atoms with Crippen LogP contribution < -0.4 is 0 Å². The summed E-state index contributed by atoms with van der Waals surface area (Å²) in [5.74, 6) is 0. The lowest BCUT2D eigenvalue weighted by atomic mass is 10.5. The molecule has 4 nitrogen and oxygen atoms in total. The van der Waals surface area contributed by atoms with E-state index in [-0.39, 0.29) is 12.6 Å². The van der Waals surface area contributed by atoms with E-state index in [0.29, 0.717) is 13.2 Å². The SMILES string of the molecule is CO[C@@H]1OCCO[C@@H]1OC. The van der Waals surface area contributed by atoms with Crippen molar-refractivity contribution in [3.8, 4) is 0 Å². The van der Waals surface area contributed by atoms with Gasteiger partial charge in [-0.05, 0) is 0 Å². The van der Waals surface area contributed by atoms with Crippen LogP contribution in [0.2, 0.25) is 0 Å². The molecule has 0 aliphatic carbocycles. The van der Waals surface area contributed by atoms with Crippen LogP contribution in [0.1, 0.15) is 0 Å². The van der Waals surface area contributed by atoms with Crippen molar-refractivity contribution in [2.75, 3.05) is 27.4 Å². The summed E-state index contributed by atoms with van der Waals surface area (Å²) in [7, 11) is 3.12. The number of hydrogen-bond donors (Lipinski definition) is 0. The Morgan fingerprint density at radius 2 is 1.40 bits per heavy atom. The van der Waals surface area contributed by atoms with Gasteiger partial charge in [0.25, 0.3) is 0 Å². The molecule has 10 heavy (non-hydrogen) atoms. The first-order valence-corrected chi connectivity index (χ1v) is 3.17. The van der Waals surface area contributed by atoms with Gasteiger partial charge in [0, 0.05) is 14.2 Å². The minimum atomic E-state index is -0.376. The third-order valence-electron chi connectivity index (χ3n) is 1.33. The van der Waals surface area contributed by atoms with Crippen molar-refractivity contribution in [1.82, 2.24) is 0 Å². The zero-order chi connectivity index (χ0) is 7.40. The second-order valence-electron chi connectivity index (χ2n) is 1.95. The van der Waals surface area contributed by atoms with Crippen molar-refractivity contribution in [3.05, 3.63) is 0 Å². The largest absolute Gasteiger partial charge is 0.351 e. The van der Waals surface area contributed by atoms with Gasteiger partial charge in [0.05, 0.1) is 13.2 Å². The average molecular weight is 148 g/mol. The Morgan fingerprint density at radius 1 is 1.00 bits per heavy atom. The van der Waals surface area contributed by atoms with Crippen LogP contribution in [0.25, 0.3) is 0 Å². The molecule has 0 aromatic heterocycles. The van der Waals surface area contributed by atoms with Crippen LogP contribution >= 0.6 is 0 Å². The molecule has 0 spiro atoms. The Labute approximate surface area is 60.0 Å². The first-order valence-electron chi connectivity index (χ1n) is 3.17. The smallest absolute Gasteiger partial charge is 0.209 e. The van der Waals surface area contributed by atoms with E-state index in [1.165, 1.54) is 0 Å². The number of methoxy groups -OCH3 is 2. The molecule has 0 amide bonds. The molecule has 0 N–H and O–H groups in total. The zero-order valence-electron chi connectivity index (χ0n) is 6.20. The van der Waals surface area contributed by atoms with Crippen LogP contribution in [0.15, 0.2) is 0 Å². The molecule has 0 unspecified atom stereocenters. The predicted molar refractivity (Wildman–Crippen MR) is 33.5 cm³/mol. The van der Waals surface area contributed by atoms with Gasteiger partial charge < -0.3 is 18.9 Å². The lowest BCUT2D eigenvalue weighted by molar-refractivity contribution is -0.307. The van der Waals surface area contributed by atoms with Crippen LogP contribution in [-0.2, 0) is 18.9 Å². The minimum absolute atomic E-state index is 0.376. The van der Waals surface area contributed by atoms with Gasteiger partial charge in [0.2, 0.25) is 12.6 Å². The molecule has 60 valence electrons. The molecule has 0 saturated carbocycles. The second kappa shape index (κ2) is 3.88. The van der Waals surface area contributed by atoms with Gasteiger partial charge >= 0.3 is 0 Å². The normalized spacial score (nSPS) is 34.2. The highest BCUT2D eigenvalue weighted by molar-refractivity contribution is 4.54. The Balaban J connectivity index is 2.34. The Bertz CT molecular complexity index is 83.7. The Hall–Kier alpha value is -0.160. The molecule has 1 saturated heterocycles. The van der Waals surface area contributed by atoms with Crippen molar-refractivity contribution in [2.45, 2.75) is 12.6 Å². The van der Waals surface area contributed by atoms with E-state index in [1.807, 2.05) is 0 Å². The molecule has 1 heterocycles. The fraction of sp³-hybridized carbons (Fsp3) is 1.00. The van der Waals surface area contributed by atoms with Crippen LogP contribution in [0.3, 0.4) is 0 Å². The van der Waals surface area contributed by atoms with Crippen molar-refractivity contribution < 1.29 is 18.9 Å². The van der Waals surface area contributed by atoms with E-state index >= 15 is 0 Å². The molecule has 1 aliphatic heterocycles. The first kappa shape index (κ1) is 7.94. The van der Waals surface area contributed by atoms with E-state index in [9.17, 15) is 0 Å². The molecule has 0 radical (unpaired) electrons. The summed E-state index contributed by atoms with van der Waals surface area (Å²) in [6.07, 6.45) is -0.752. The van der Waals surface area contributed by atoms with Crippen LogP contribution in [0.5, 0.6) is 0 Å². The monoisotopic (exact) mass is 148 g/mol. The molecule has 1 aliphatic rings. The standard InChI is InChI=1S/C6H12O4/c1-7-5-6(8-2)10-4-3-9-5/h5-6H,3-4H2,1-2H3/t5-,6+. The van der Waals surface area contributed by atoms with E-state index in [2.05, 4.69) is 0 Å². The van der Waals surface area contributed by atoms with Gasteiger partial charge in [-0.15, -0.1) is 0 Å². The fourth-order valence-electron chi connectivity index (χ4n) is 0.844. The van der Waals surface area contributed by atoms with Gasteiger partial charge in [-0.2, -0.15) is 0 Å². The van der Waals surface area contributed by atoms with Crippen molar-refractivity contribution in [3.63, 3.8) is 0 Å². The number of ether oxygens (including phenoxy) is 4. The average Bonchev–Trinajstić information content (AvgIpc) is 2.04. The van der Waals surface area contributed by atoms with Gasteiger partial charge in [-0.3, -0.25) is 0 Å². The number of rotatable bonds is 2. The third kappa shape index (κ3) is 1.67. The van der Waals surface area contributed by atoms with E-state index < -0.39 is 0 Å². The lowest BCUT2D eigenvalue weighted by Crippen LogP contribution is -2.40. The summed E-state index contributed by atoms with van der Waals surface area (Å²) < 4.78 is 20.2. The topological polar surface area (TPSA) is 36.9 Å². The highest BCUT2D eigenvalue weighted by Gasteiger charge is 2.25. The molecule has 0 bridgehead atoms. The maximum absolute atomic E-state index is 5.16. The summed E-state index contributed by atoms with van der Waals surface area (Å²) in [5.41, 5.74) is 0.